The number of benzene rings is 1. The van der Waals surface area contributed by atoms with E-state index in [-0.39, 0.29) is 5.91 Å². The van der Waals surface area contributed by atoms with Gasteiger partial charge >= 0.3 is 11.9 Å². The van der Waals surface area contributed by atoms with E-state index in [4.69, 9.17) is 15.2 Å². The van der Waals surface area contributed by atoms with Gasteiger partial charge in [0, 0.05) is 31.4 Å². The number of amides is 1. The van der Waals surface area contributed by atoms with Gasteiger partial charge < -0.3 is 24.9 Å². The Labute approximate surface area is 212 Å². The van der Waals surface area contributed by atoms with Gasteiger partial charge in [-0.3, -0.25) is 4.79 Å². The Morgan fingerprint density at radius 1 is 0.972 bits per heavy atom. The van der Waals surface area contributed by atoms with Gasteiger partial charge in [-0.2, -0.15) is 0 Å². The van der Waals surface area contributed by atoms with Crippen LogP contribution in [0.5, 0.6) is 0 Å². The molecule has 1 aromatic heterocycles. The van der Waals surface area contributed by atoms with Crippen LogP contribution in [0.2, 0.25) is 0 Å². The molecule has 9 heteroatoms. The number of aryl methyl sites for hydroxylation is 3. The summed E-state index contributed by atoms with van der Waals surface area (Å²) < 4.78 is 0. The van der Waals surface area contributed by atoms with Crippen molar-refractivity contribution in [1.29, 1.82) is 0 Å². The molecule has 1 amide bonds. The molecule has 0 radical (unpaired) electrons. The number of fused-ring (bicyclic) bond motifs is 2. The number of aromatic nitrogens is 1. The van der Waals surface area contributed by atoms with Gasteiger partial charge in [-0.1, -0.05) is 13.8 Å². The van der Waals surface area contributed by atoms with Crippen molar-refractivity contribution >= 4 is 35.0 Å². The Hall–Kier alpha value is -3.72. The number of aliphatic carboxylic acids is 2. The molecule has 1 aliphatic heterocycles. The molecule has 2 heterocycles. The van der Waals surface area contributed by atoms with Crippen LogP contribution in [0.25, 0.3) is 0 Å². The van der Waals surface area contributed by atoms with Crippen LogP contribution in [0.1, 0.15) is 47.4 Å². The van der Waals surface area contributed by atoms with Crippen LogP contribution >= 0.6 is 0 Å². The lowest BCUT2D eigenvalue weighted by Crippen LogP contribution is -2.28. The van der Waals surface area contributed by atoms with Crippen molar-refractivity contribution in [1.82, 2.24) is 9.88 Å². The van der Waals surface area contributed by atoms with Crippen LogP contribution in [0.4, 0.5) is 17.2 Å². The van der Waals surface area contributed by atoms with E-state index in [1.807, 2.05) is 26.1 Å². The largest absolute Gasteiger partial charge is 0.478 e. The third-order valence-electron chi connectivity index (χ3n) is 6.17. The zero-order valence-corrected chi connectivity index (χ0v) is 21.9. The van der Waals surface area contributed by atoms with Crippen molar-refractivity contribution in [3.63, 3.8) is 0 Å². The van der Waals surface area contributed by atoms with E-state index in [2.05, 4.69) is 49.6 Å². The lowest BCUT2D eigenvalue weighted by atomic mass is 10.1. The lowest BCUT2D eigenvalue weighted by molar-refractivity contribution is -0.134. The second-order valence-corrected chi connectivity index (χ2v) is 8.66. The second-order valence-electron chi connectivity index (χ2n) is 8.66. The zero-order chi connectivity index (χ0) is 27.0. The first kappa shape index (κ1) is 28.5. The second kappa shape index (κ2) is 12.8. The number of carboxylic acids is 2. The molecular formula is C27H36N4O5. The maximum atomic E-state index is 13.2. The number of carbonyl (C=O) groups excluding carboxylic acids is 1. The molecule has 0 saturated carbocycles. The van der Waals surface area contributed by atoms with Crippen LogP contribution < -0.4 is 9.80 Å². The molecule has 0 fully saturated rings. The van der Waals surface area contributed by atoms with E-state index in [1.54, 1.807) is 4.90 Å². The Kier molecular flexibility index (Phi) is 10.2. The molecule has 9 nitrogen and oxygen atoms in total. The predicted molar refractivity (Wildman–Crippen MR) is 141 cm³/mol. The van der Waals surface area contributed by atoms with Gasteiger partial charge in [0.05, 0.1) is 16.9 Å². The molecule has 36 heavy (non-hydrogen) atoms. The third-order valence-corrected chi connectivity index (χ3v) is 6.17. The summed E-state index contributed by atoms with van der Waals surface area (Å²) in [5.41, 5.74) is 6.03. The van der Waals surface area contributed by atoms with Gasteiger partial charge in [-0.25, -0.2) is 14.6 Å². The first-order valence-electron chi connectivity index (χ1n) is 12.0. The van der Waals surface area contributed by atoms with Gasteiger partial charge in [0.2, 0.25) is 0 Å². The third kappa shape index (κ3) is 7.14. The first-order chi connectivity index (χ1) is 17.0. The SMILES string of the molecule is CCN(CC)CCCN1c2cc(C)c(C)cc2N(C)C(=O)c2ccc(C)nc21.O=C(O)/C=C/C(=O)O. The van der Waals surface area contributed by atoms with Gasteiger partial charge in [0.15, 0.2) is 0 Å². The standard InChI is InChI=1S/C23H32N4O.C4H4O4/c1-7-26(8-2)12-9-13-27-21-15-17(4)16(3)14-20(21)25(6)23(28)19-11-10-18(5)24-22(19)27;5-3(6)1-2-4(7)8/h10-11,14-15H,7-9,12-13H2,1-6H3;1-2H,(H,5,6)(H,7,8)/b;2-1+. The van der Waals surface area contributed by atoms with Gasteiger partial charge in [0.1, 0.15) is 5.82 Å². The van der Waals surface area contributed by atoms with E-state index < -0.39 is 11.9 Å². The van der Waals surface area contributed by atoms with Crippen LogP contribution in [0.3, 0.4) is 0 Å². The molecular weight excluding hydrogens is 460 g/mol. The number of hydrogen-bond acceptors (Lipinski definition) is 6. The fourth-order valence-electron chi connectivity index (χ4n) is 3.95. The average molecular weight is 497 g/mol. The van der Waals surface area contributed by atoms with Crippen LogP contribution in [0, 0.1) is 20.8 Å². The Bertz CT molecular complexity index is 1130. The summed E-state index contributed by atoms with van der Waals surface area (Å²) in [5.74, 6) is -1.74. The molecule has 2 aromatic rings. The quantitative estimate of drug-likeness (QED) is 0.523. The van der Waals surface area contributed by atoms with E-state index in [0.29, 0.717) is 17.7 Å². The Morgan fingerprint density at radius 2 is 1.53 bits per heavy atom. The van der Waals surface area contributed by atoms with Crippen molar-refractivity contribution < 1.29 is 24.6 Å². The highest BCUT2D eigenvalue weighted by atomic mass is 16.4. The zero-order valence-electron chi connectivity index (χ0n) is 21.9. The maximum Gasteiger partial charge on any atom is 0.328 e. The van der Waals surface area contributed by atoms with Crippen molar-refractivity contribution in [2.75, 3.05) is 43.0 Å². The minimum absolute atomic E-state index is 0.00162. The molecule has 2 N–H and O–H groups in total. The lowest BCUT2D eigenvalue weighted by Gasteiger charge is -2.28. The van der Waals surface area contributed by atoms with E-state index >= 15 is 0 Å². The summed E-state index contributed by atoms with van der Waals surface area (Å²) in [6.45, 7) is 14.6. The minimum atomic E-state index is -1.26. The molecule has 0 atom stereocenters. The molecule has 0 bridgehead atoms. The number of carbonyl (C=O) groups is 3. The summed E-state index contributed by atoms with van der Waals surface area (Å²) in [5, 5.41) is 15.6. The summed E-state index contributed by atoms with van der Waals surface area (Å²) in [6.07, 6.45) is 2.13. The highest BCUT2D eigenvalue weighted by molar-refractivity contribution is 6.13. The number of rotatable bonds is 8. The van der Waals surface area contributed by atoms with Gasteiger partial charge in [0.25, 0.3) is 5.91 Å². The average Bonchev–Trinajstić information content (AvgIpc) is 2.90. The molecule has 1 aliphatic rings. The van der Waals surface area contributed by atoms with E-state index in [1.165, 1.54) is 11.1 Å². The van der Waals surface area contributed by atoms with E-state index in [9.17, 15) is 14.4 Å². The molecule has 0 aliphatic carbocycles. The number of carboxylic acid groups (broad SMARTS) is 2. The monoisotopic (exact) mass is 496 g/mol. The van der Waals surface area contributed by atoms with Crippen molar-refractivity contribution in [2.45, 2.75) is 41.0 Å². The number of hydrogen-bond donors (Lipinski definition) is 2. The van der Waals surface area contributed by atoms with Crippen LogP contribution in [0.15, 0.2) is 36.4 Å². The smallest absolute Gasteiger partial charge is 0.328 e. The summed E-state index contributed by atoms with van der Waals surface area (Å²) in [4.78, 5) is 43.5. The molecule has 3 rings (SSSR count). The van der Waals surface area contributed by atoms with Gasteiger partial charge in [-0.05, 0) is 82.2 Å². The van der Waals surface area contributed by atoms with Crippen molar-refractivity contribution in [2.24, 2.45) is 0 Å². The number of nitrogens with zero attached hydrogens (tertiary/aromatic N) is 4. The minimum Gasteiger partial charge on any atom is -0.478 e. The fraction of sp³-hybridized carbons (Fsp3) is 0.407. The van der Waals surface area contributed by atoms with E-state index in [0.717, 1.165) is 55.5 Å². The molecule has 0 unspecified atom stereocenters. The Morgan fingerprint density at radius 3 is 2.06 bits per heavy atom. The molecule has 194 valence electrons. The summed E-state index contributed by atoms with van der Waals surface area (Å²) in [6, 6.07) is 8.16. The maximum absolute atomic E-state index is 13.2. The summed E-state index contributed by atoms with van der Waals surface area (Å²) >= 11 is 0. The van der Waals surface area contributed by atoms with Gasteiger partial charge in [-0.15, -0.1) is 0 Å². The predicted octanol–water partition coefficient (Wildman–Crippen LogP) is 4.18. The highest BCUT2D eigenvalue weighted by Gasteiger charge is 2.30. The van der Waals surface area contributed by atoms with Crippen LogP contribution in [-0.4, -0.2) is 71.2 Å². The Balaban J connectivity index is 0.000000493. The summed E-state index contributed by atoms with van der Waals surface area (Å²) in [7, 11) is 1.86. The number of pyridine rings is 1. The fourth-order valence-corrected chi connectivity index (χ4v) is 3.95. The normalized spacial score (nSPS) is 12.7. The highest BCUT2D eigenvalue weighted by Crippen LogP contribution is 2.40. The molecule has 1 aromatic carbocycles. The number of anilines is 3. The molecule has 0 saturated heterocycles. The molecule has 0 spiro atoms. The topological polar surface area (TPSA) is 114 Å². The van der Waals surface area contributed by atoms with Crippen molar-refractivity contribution in [3.05, 3.63) is 58.8 Å². The van der Waals surface area contributed by atoms with Crippen molar-refractivity contribution in [3.8, 4) is 0 Å². The van der Waals surface area contributed by atoms with Crippen LogP contribution in [-0.2, 0) is 9.59 Å². The first-order valence-corrected chi connectivity index (χ1v) is 12.0.